The molecule has 1 fully saturated rings. The van der Waals surface area contributed by atoms with Crippen molar-refractivity contribution in [2.75, 3.05) is 13.2 Å². The molecule has 0 spiro atoms. The molecule has 2 heterocycles. The molecule has 0 saturated carbocycles. The Bertz CT molecular complexity index is 954. The van der Waals surface area contributed by atoms with Crippen LogP contribution in [0.15, 0.2) is 46.4 Å². The summed E-state index contributed by atoms with van der Waals surface area (Å²) in [5, 5.41) is 11.9. The number of nitrogens with zero attached hydrogens (tertiary/aromatic N) is 1. The molecule has 0 radical (unpaired) electrons. The van der Waals surface area contributed by atoms with E-state index in [2.05, 4.69) is 5.32 Å². The Morgan fingerprint density at radius 1 is 1.33 bits per heavy atom. The number of carbonyl (C=O) groups is 1. The van der Waals surface area contributed by atoms with Crippen molar-refractivity contribution in [1.29, 1.82) is 5.26 Å². The van der Waals surface area contributed by atoms with Crippen molar-refractivity contribution in [2.24, 2.45) is 0 Å². The summed E-state index contributed by atoms with van der Waals surface area (Å²) >= 11 is 0. The lowest BCUT2D eigenvalue weighted by molar-refractivity contribution is -0.137. The second-order valence-corrected chi connectivity index (χ2v) is 6.63. The van der Waals surface area contributed by atoms with Crippen LogP contribution in [-0.4, -0.2) is 25.2 Å². The second-order valence-electron chi connectivity index (χ2n) is 6.63. The van der Waals surface area contributed by atoms with Crippen LogP contribution >= 0.6 is 0 Å². The van der Waals surface area contributed by atoms with Gasteiger partial charge in [0.25, 0.3) is 5.91 Å². The number of alkyl halides is 3. The molecule has 0 bridgehead atoms. The highest BCUT2D eigenvalue weighted by atomic mass is 19.4. The topological polar surface area (TPSA) is 84.5 Å². The van der Waals surface area contributed by atoms with E-state index in [0.717, 1.165) is 25.0 Å². The molecule has 9 heteroatoms. The standard InChI is InChI=1S/C21H19F3N2O4/c22-21(23,24)15-3-1-4-16(10-15)29-13-19-7-6-17(30-19)9-14(11-25)20(27)26-12-18-5-2-8-28-18/h1,3-4,6-7,9-10,18H,2,5,8,12-13H2,(H,26,27)/b14-9-/t18-/m0/s1. The van der Waals surface area contributed by atoms with Gasteiger partial charge in [0.1, 0.15) is 35.5 Å². The van der Waals surface area contributed by atoms with Gasteiger partial charge in [-0.2, -0.15) is 18.4 Å². The monoisotopic (exact) mass is 420 g/mol. The van der Waals surface area contributed by atoms with Gasteiger partial charge in [0.15, 0.2) is 0 Å². The van der Waals surface area contributed by atoms with E-state index < -0.39 is 17.6 Å². The molecule has 158 valence electrons. The molecule has 30 heavy (non-hydrogen) atoms. The minimum absolute atomic E-state index is 0.0443. The molecule has 1 aliphatic heterocycles. The van der Waals surface area contributed by atoms with Crippen molar-refractivity contribution in [1.82, 2.24) is 5.32 Å². The molecule has 1 amide bonds. The molecule has 1 saturated heterocycles. The first kappa shape index (κ1) is 21.5. The van der Waals surface area contributed by atoms with Crippen LogP contribution in [0.4, 0.5) is 13.2 Å². The normalized spacial score (nSPS) is 16.9. The Balaban J connectivity index is 1.58. The zero-order valence-electron chi connectivity index (χ0n) is 15.9. The van der Waals surface area contributed by atoms with Gasteiger partial charge in [0.2, 0.25) is 0 Å². The minimum atomic E-state index is -4.46. The molecule has 1 atom stereocenters. The second kappa shape index (κ2) is 9.50. The van der Waals surface area contributed by atoms with E-state index in [1.54, 1.807) is 6.07 Å². The lowest BCUT2D eigenvalue weighted by atomic mass is 10.2. The van der Waals surface area contributed by atoms with Gasteiger partial charge in [0.05, 0.1) is 11.7 Å². The van der Waals surface area contributed by atoms with Gasteiger partial charge in [-0.3, -0.25) is 4.79 Å². The Morgan fingerprint density at radius 2 is 2.17 bits per heavy atom. The van der Waals surface area contributed by atoms with Gasteiger partial charge >= 0.3 is 6.18 Å². The summed E-state index contributed by atoms with van der Waals surface area (Å²) in [4.78, 5) is 12.2. The number of nitrogens with one attached hydrogen (secondary N) is 1. The van der Waals surface area contributed by atoms with Crippen molar-refractivity contribution >= 4 is 12.0 Å². The number of carbonyl (C=O) groups excluding carboxylic acids is 1. The fraction of sp³-hybridized carbons (Fsp3) is 0.333. The average molecular weight is 420 g/mol. The molecular weight excluding hydrogens is 401 g/mol. The maximum atomic E-state index is 12.8. The zero-order chi connectivity index (χ0) is 21.6. The smallest absolute Gasteiger partial charge is 0.416 e. The quantitative estimate of drug-likeness (QED) is 0.539. The van der Waals surface area contributed by atoms with Crippen molar-refractivity contribution in [3.05, 3.63) is 59.1 Å². The Hall–Kier alpha value is -3.25. The first-order valence-electron chi connectivity index (χ1n) is 9.25. The van der Waals surface area contributed by atoms with Crippen LogP contribution in [0.2, 0.25) is 0 Å². The van der Waals surface area contributed by atoms with Gasteiger partial charge in [-0.15, -0.1) is 0 Å². The maximum Gasteiger partial charge on any atom is 0.416 e. The van der Waals surface area contributed by atoms with Crippen LogP contribution in [0, 0.1) is 11.3 Å². The predicted octanol–water partition coefficient (Wildman–Crippen LogP) is 4.08. The van der Waals surface area contributed by atoms with Gasteiger partial charge < -0.3 is 19.2 Å². The Kier molecular flexibility index (Phi) is 6.79. The number of furan rings is 1. The number of halogens is 3. The molecule has 3 rings (SSSR count). The summed E-state index contributed by atoms with van der Waals surface area (Å²) in [5.41, 5.74) is -0.941. The SMILES string of the molecule is N#C/C(=C/c1ccc(COc2cccc(C(F)(F)F)c2)o1)C(=O)NC[C@@H]1CCCO1. The summed E-state index contributed by atoms with van der Waals surface area (Å²) < 4.78 is 54.5. The maximum absolute atomic E-state index is 12.8. The fourth-order valence-electron chi connectivity index (χ4n) is 2.86. The van der Waals surface area contributed by atoms with E-state index in [4.69, 9.17) is 13.9 Å². The number of benzene rings is 1. The van der Waals surface area contributed by atoms with E-state index in [1.807, 2.05) is 6.07 Å². The number of hydrogen-bond acceptors (Lipinski definition) is 5. The Morgan fingerprint density at radius 3 is 2.87 bits per heavy atom. The van der Waals surface area contributed by atoms with E-state index in [-0.39, 0.29) is 29.8 Å². The van der Waals surface area contributed by atoms with E-state index in [1.165, 1.54) is 24.3 Å². The van der Waals surface area contributed by atoms with E-state index >= 15 is 0 Å². The molecular formula is C21H19F3N2O4. The van der Waals surface area contributed by atoms with E-state index in [0.29, 0.717) is 18.9 Å². The molecule has 1 aromatic heterocycles. The summed E-state index contributed by atoms with van der Waals surface area (Å²) in [5.74, 6) is 0.0906. The van der Waals surface area contributed by atoms with Crippen LogP contribution in [0.1, 0.15) is 29.9 Å². The van der Waals surface area contributed by atoms with Crippen LogP contribution in [0.3, 0.4) is 0 Å². The predicted molar refractivity (Wildman–Crippen MR) is 100 cm³/mol. The van der Waals surface area contributed by atoms with Crippen molar-refractivity contribution in [3.8, 4) is 11.8 Å². The third-order valence-corrected chi connectivity index (χ3v) is 4.39. The van der Waals surface area contributed by atoms with Crippen molar-refractivity contribution < 1.29 is 31.9 Å². The van der Waals surface area contributed by atoms with Gasteiger partial charge in [-0.25, -0.2) is 0 Å². The third kappa shape index (κ3) is 5.87. The highest BCUT2D eigenvalue weighted by molar-refractivity contribution is 6.01. The minimum Gasteiger partial charge on any atom is -0.486 e. The van der Waals surface area contributed by atoms with Gasteiger partial charge in [-0.05, 0) is 43.2 Å². The van der Waals surface area contributed by atoms with Gasteiger partial charge in [0, 0.05) is 19.2 Å². The first-order chi connectivity index (χ1) is 14.3. The van der Waals surface area contributed by atoms with Crippen molar-refractivity contribution in [3.63, 3.8) is 0 Å². The number of rotatable bonds is 7. The van der Waals surface area contributed by atoms with Crippen LogP contribution < -0.4 is 10.1 Å². The number of nitriles is 1. The first-order valence-corrected chi connectivity index (χ1v) is 9.25. The lowest BCUT2D eigenvalue weighted by Crippen LogP contribution is -2.32. The summed E-state index contributed by atoms with van der Waals surface area (Å²) in [7, 11) is 0. The van der Waals surface area contributed by atoms with Crippen LogP contribution in [0.25, 0.3) is 6.08 Å². The average Bonchev–Trinajstić information content (AvgIpc) is 3.40. The summed E-state index contributed by atoms with van der Waals surface area (Å²) in [6.45, 7) is 0.883. The molecule has 1 aliphatic rings. The van der Waals surface area contributed by atoms with Crippen LogP contribution in [0.5, 0.6) is 5.75 Å². The molecule has 0 aliphatic carbocycles. The van der Waals surface area contributed by atoms with Crippen molar-refractivity contribution in [2.45, 2.75) is 31.7 Å². The van der Waals surface area contributed by atoms with Gasteiger partial charge in [-0.1, -0.05) is 6.07 Å². The Labute approximate surface area is 170 Å². The fourth-order valence-corrected chi connectivity index (χ4v) is 2.86. The summed E-state index contributed by atoms with van der Waals surface area (Å²) in [6, 6.07) is 9.43. The number of hydrogen-bond donors (Lipinski definition) is 1. The molecule has 6 nitrogen and oxygen atoms in total. The molecule has 0 unspecified atom stereocenters. The third-order valence-electron chi connectivity index (χ3n) is 4.39. The number of amides is 1. The molecule has 1 N–H and O–H groups in total. The molecule has 2 aromatic rings. The lowest BCUT2D eigenvalue weighted by Gasteiger charge is -2.10. The van der Waals surface area contributed by atoms with Crippen LogP contribution in [-0.2, 0) is 22.3 Å². The largest absolute Gasteiger partial charge is 0.486 e. The zero-order valence-corrected chi connectivity index (χ0v) is 15.9. The highest BCUT2D eigenvalue weighted by Crippen LogP contribution is 2.31. The summed E-state index contributed by atoms with van der Waals surface area (Å²) in [6.07, 6.45) is -1.41. The molecule has 1 aromatic carbocycles. The number of ether oxygens (including phenoxy) is 2. The van der Waals surface area contributed by atoms with E-state index in [9.17, 15) is 23.2 Å². The highest BCUT2D eigenvalue weighted by Gasteiger charge is 2.30.